The Bertz CT molecular complexity index is 4780. The normalized spacial score (nSPS) is 13.2. The predicted molar refractivity (Wildman–Crippen MR) is 336 cm³/mol. The summed E-state index contributed by atoms with van der Waals surface area (Å²) in [7, 11) is 0. The number of para-hydroxylation sites is 8. The fraction of sp³-hybridized carbons (Fsp3) is 0. The SMILES string of the molecule is c1ccc(N(c2ccccc2)c2ccc3c(c2)N(c2ccccc2)c2cc4c5c6c2B3c2cccc3c7c8oc9ccccc9c8cc(c7n-6c23)B5c2ccc(N(c3ccccc3)c3ccccc3)cc2N4c2ccccc2)cc1. The van der Waals surface area contributed by atoms with Crippen molar-refractivity contribution in [3.63, 3.8) is 0 Å². The highest BCUT2D eigenvalue weighted by atomic mass is 16.3. The summed E-state index contributed by atoms with van der Waals surface area (Å²) in [6, 6.07) is 100. The molecule has 0 aliphatic carbocycles. The molecule has 0 saturated heterocycles. The monoisotopic (exact) mass is 1020 g/mol. The van der Waals surface area contributed by atoms with E-state index in [1.54, 1.807) is 0 Å². The van der Waals surface area contributed by atoms with Crippen molar-refractivity contribution < 1.29 is 4.42 Å². The average molecular weight is 1020 g/mol. The van der Waals surface area contributed by atoms with Gasteiger partial charge in [0, 0.05) is 95.6 Å². The van der Waals surface area contributed by atoms with Crippen molar-refractivity contribution >= 4 is 158 Å². The minimum absolute atomic E-state index is 0.0932. The lowest BCUT2D eigenvalue weighted by molar-refractivity contribution is 0.673. The molecule has 0 radical (unpaired) electrons. The van der Waals surface area contributed by atoms with Gasteiger partial charge in [0.15, 0.2) is 0 Å². The molecule has 4 aliphatic heterocycles. The van der Waals surface area contributed by atoms with Crippen LogP contribution in [0.25, 0.3) is 49.4 Å². The lowest BCUT2D eigenvalue weighted by Crippen LogP contribution is -2.67. The number of furan rings is 1. The summed E-state index contributed by atoms with van der Waals surface area (Å²) in [4.78, 5) is 9.92. The minimum Gasteiger partial charge on any atom is -0.455 e. The molecule has 80 heavy (non-hydrogen) atoms. The summed E-state index contributed by atoms with van der Waals surface area (Å²) in [5.74, 6) is 0. The number of aromatic nitrogens is 1. The van der Waals surface area contributed by atoms with Crippen LogP contribution in [0.1, 0.15) is 0 Å². The molecule has 6 heterocycles. The summed E-state index contributed by atoms with van der Waals surface area (Å²) < 4.78 is 9.80. The Morgan fingerprint density at radius 3 is 1.27 bits per heavy atom. The number of hydrogen-bond acceptors (Lipinski definition) is 5. The lowest BCUT2D eigenvalue weighted by atomic mass is 9.29. The van der Waals surface area contributed by atoms with Gasteiger partial charge in [0.2, 0.25) is 0 Å². The number of fused-ring (bicyclic) bond motifs is 11. The largest absolute Gasteiger partial charge is 0.455 e. The summed E-state index contributed by atoms with van der Waals surface area (Å²) in [5, 5.41) is 4.67. The van der Waals surface area contributed by atoms with Crippen LogP contribution in [0.2, 0.25) is 0 Å². The molecule has 2 aromatic heterocycles. The van der Waals surface area contributed by atoms with Gasteiger partial charge in [-0.05, 0) is 142 Å². The van der Waals surface area contributed by atoms with Gasteiger partial charge in [-0.2, -0.15) is 0 Å². The van der Waals surface area contributed by atoms with Crippen LogP contribution in [0.5, 0.6) is 0 Å². The molecule has 12 aromatic carbocycles. The second-order valence-corrected chi connectivity index (χ2v) is 21.5. The topological polar surface area (TPSA) is 31.0 Å². The molecule has 0 saturated carbocycles. The molecule has 0 fully saturated rings. The first-order chi connectivity index (χ1) is 39.7. The van der Waals surface area contributed by atoms with E-state index in [-0.39, 0.29) is 13.4 Å². The average Bonchev–Trinajstić information content (AvgIpc) is 3.29. The first kappa shape index (κ1) is 43.6. The van der Waals surface area contributed by atoms with E-state index < -0.39 is 0 Å². The van der Waals surface area contributed by atoms with Gasteiger partial charge in [0.1, 0.15) is 11.2 Å². The van der Waals surface area contributed by atoms with Gasteiger partial charge in [0.05, 0.1) is 10.9 Å². The van der Waals surface area contributed by atoms with E-state index in [0.717, 1.165) is 90.2 Å². The standard InChI is InChI=1S/C72H45B2N5O/c1-7-22-46(23-8-1)75(47-24-9-2-10-25-47)52-38-40-57-61(42-52)77(50-30-15-5-16-31-50)63-45-64-68-71-67(63)73(57)59-36-21-35-55-66-70(79(71)69(55)59)60(44-56-54-34-19-20-37-65(54)80-72(56)66)74(68)58-41-39-53(43-62(58)78(64)51-32-17-6-18-33-51)76(48-26-11-3-12-27-48)49-28-13-4-14-29-49/h1-45H. The third kappa shape index (κ3) is 5.94. The number of hydrogen-bond donors (Lipinski definition) is 0. The predicted octanol–water partition coefficient (Wildman–Crippen LogP) is 14.8. The van der Waals surface area contributed by atoms with Gasteiger partial charge in [-0.1, -0.05) is 164 Å². The van der Waals surface area contributed by atoms with Crippen LogP contribution in [0.15, 0.2) is 277 Å². The highest BCUT2D eigenvalue weighted by molar-refractivity contribution is 7.04. The molecule has 0 unspecified atom stereocenters. The Labute approximate surface area is 463 Å². The fourth-order valence-electron chi connectivity index (χ4n) is 14.4. The number of benzene rings is 12. The molecule has 370 valence electrons. The Kier molecular flexibility index (Phi) is 9.03. The summed E-state index contributed by atoms with van der Waals surface area (Å²) in [6.45, 7) is -0.223. The molecule has 0 N–H and O–H groups in total. The third-order valence-corrected chi connectivity index (χ3v) is 17.4. The van der Waals surface area contributed by atoms with Crippen molar-refractivity contribution in [2.75, 3.05) is 19.6 Å². The number of anilines is 12. The molecule has 18 rings (SSSR count). The van der Waals surface area contributed by atoms with E-state index in [2.05, 4.69) is 297 Å². The molecule has 0 bridgehead atoms. The van der Waals surface area contributed by atoms with Crippen molar-refractivity contribution in [2.45, 2.75) is 0 Å². The Hall–Kier alpha value is -10.4. The van der Waals surface area contributed by atoms with Crippen LogP contribution in [-0.4, -0.2) is 18.0 Å². The van der Waals surface area contributed by atoms with E-state index in [0.29, 0.717) is 0 Å². The fourth-order valence-corrected chi connectivity index (χ4v) is 14.4. The second kappa shape index (κ2) is 16.5. The Balaban J connectivity index is 0.998. The van der Waals surface area contributed by atoms with Gasteiger partial charge in [-0.25, -0.2) is 0 Å². The quantitative estimate of drug-likeness (QED) is 0.142. The first-order valence-corrected chi connectivity index (χ1v) is 27.7. The molecule has 4 aliphatic rings. The van der Waals surface area contributed by atoms with Crippen LogP contribution >= 0.6 is 0 Å². The Morgan fingerprint density at radius 2 is 0.762 bits per heavy atom. The van der Waals surface area contributed by atoms with Crippen molar-refractivity contribution in [1.29, 1.82) is 0 Å². The first-order valence-electron chi connectivity index (χ1n) is 27.7. The zero-order valence-electron chi connectivity index (χ0n) is 43.3. The number of rotatable bonds is 8. The molecule has 14 aromatic rings. The summed E-state index contributed by atoms with van der Waals surface area (Å²) >= 11 is 0. The molecule has 6 nitrogen and oxygen atoms in total. The molecule has 0 atom stereocenters. The maximum Gasteiger partial charge on any atom is 0.252 e. The molecular formula is C72H45B2N5O. The van der Waals surface area contributed by atoms with Crippen LogP contribution in [0.3, 0.4) is 0 Å². The van der Waals surface area contributed by atoms with Gasteiger partial charge in [0.25, 0.3) is 13.4 Å². The maximum absolute atomic E-state index is 7.12. The van der Waals surface area contributed by atoms with Crippen LogP contribution in [0.4, 0.5) is 68.2 Å². The number of nitrogens with zero attached hydrogens (tertiary/aromatic N) is 5. The van der Waals surface area contributed by atoms with Gasteiger partial charge < -0.3 is 28.6 Å². The second-order valence-electron chi connectivity index (χ2n) is 21.5. The van der Waals surface area contributed by atoms with E-state index in [1.165, 1.54) is 60.3 Å². The van der Waals surface area contributed by atoms with E-state index in [1.807, 2.05) is 0 Å². The summed E-state index contributed by atoms with van der Waals surface area (Å²) in [5.41, 5.74) is 26.7. The molecule has 0 spiro atoms. The van der Waals surface area contributed by atoms with Gasteiger partial charge in [-0.3, -0.25) is 0 Å². The van der Waals surface area contributed by atoms with E-state index in [9.17, 15) is 0 Å². The molecule has 0 amide bonds. The van der Waals surface area contributed by atoms with Crippen molar-refractivity contribution in [3.05, 3.63) is 273 Å². The Morgan fingerprint density at radius 1 is 0.312 bits per heavy atom. The summed E-state index contributed by atoms with van der Waals surface area (Å²) in [6.07, 6.45) is 0. The van der Waals surface area contributed by atoms with E-state index >= 15 is 0 Å². The highest BCUT2D eigenvalue weighted by Crippen LogP contribution is 2.51. The van der Waals surface area contributed by atoms with Crippen LogP contribution < -0.4 is 52.4 Å². The highest BCUT2D eigenvalue weighted by Gasteiger charge is 2.51. The molecular weight excluding hydrogens is 972 g/mol. The third-order valence-electron chi connectivity index (χ3n) is 17.4. The van der Waals surface area contributed by atoms with Crippen LogP contribution in [0, 0.1) is 0 Å². The molecule has 8 heteroatoms. The zero-order valence-corrected chi connectivity index (χ0v) is 43.3. The van der Waals surface area contributed by atoms with Crippen molar-refractivity contribution in [3.8, 4) is 5.69 Å². The minimum atomic E-state index is -0.130. The van der Waals surface area contributed by atoms with E-state index in [4.69, 9.17) is 4.42 Å². The maximum atomic E-state index is 7.12. The van der Waals surface area contributed by atoms with Crippen molar-refractivity contribution in [2.24, 2.45) is 0 Å². The zero-order chi connectivity index (χ0) is 52.2. The van der Waals surface area contributed by atoms with Gasteiger partial charge >= 0.3 is 0 Å². The lowest BCUT2D eigenvalue weighted by Gasteiger charge is -2.47. The van der Waals surface area contributed by atoms with Crippen LogP contribution in [-0.2, 0) is 0 Å². The smallest absolute Gasteiger partial charge is 0.252 e. The van der Waals surface area contributed by atoms with Gasteiger partial charge in [-0.15, -0.1) is 0 Å². The van der Waals surface area contributed by atoms with Crippen molar-refractivity contribution in [1.82, 2.24) is 4.57 Å².